The number of anilines is 1. The van der Waals surface area contributed by atoms with Gasteiger partial charge in [-0.1, -0.05) is 30.3 Å². The van der Waals surface area contributed by atoms with E-state index in [1.54, 1.807) is 18.5 Å². The van der Waals surface area contributed by atoms with Crippen molar-refractivity contribution in [2.24, 2.45) is 0 Å². The molecule has 4 heterocycles. The van der Waals surface area contributed by atoms with Gasteiger partial charge < -0.3 is 15.4 Å². The highest BCUT2D eigenvalue weighted by Crippen LogP contribution is 2.24. The second-order valence-corrected chi connectivity index (χ2v) is 11.9. The Kier molecular flexibility index (Phi) is 9.11. The molecule has 0 spiro atoms. The first-order valence-corrected chi connectivity index (χ1v) is 14.6. The number of amides is 2. The Labute approximate surface area is 252 Å². The van der Waals surface area contributed by atoms with Crippen molar-refractivity contribution in [1.82, 2.24) is 25.2 Å². The van der Waals surface area contributed by atoms with E-state index in [1.807, 2.05) is 88.4 Å². The topological polar surface area (TPSA) is 109 Å². The number of hydrogen-bond acceptors (Lipinski definition) is 7. The standard InChI is InChI=1S/C34H38N6O3/c1-23-12-13-27(20-36-23)29-17-24(21-40-16-8-11-28(22-40)37-33(42)43-34(2,3)4)18-31(38-29)39-32(41)30-19-26(14-15-35-30)25-9-6-5-7-10-25/h5-7,9-10,12-15,17-20,28H,8,11,16,21-22H2,1-4H3,(H,37,42)(H,38,39,41)/t28-/m0/s1. The van der Waals surface area contributed by atoms with Crippen LogP contribution in [0.2, 0.25) is 0 Å². The SMILES string of the molecule is Cc1ccc(-c2cc(CN3CCC[C@H](NC(=O)OC(C)(C)C)C3)cc(NC(=O)c3cc(-c4ccccc4)ccn3)n2)cn1. The normalized spacial score (nSPS) is 15.5. The number of alkyl carbamates (subject to hydrolysis) is 1. The molecule has 222 valence electrons. The predicted octanol–water partition coefficient (Wildman–Crippen LogP) is 6.26. The van der Waals surface area contributed by atoms with Crippen LogP contribution in [0, 0.1) is 6.92 Å². The Balaban J connectivity index is 1.36. The highest BCUT2D eigenvalue weighted by molar-refractivity contribution is 6.03. The van der Waals surface area contributed by atoms with Crippen LogP contribution in [-0.2, 0) is 11.3 Å². The van der Waals surface area contributed by atoms with Crippen molar-refractivity contribution in [3.8, 4) is 22.4 Å². The number of benzene rings is 1. The Morgan fingerprint density at radius 2 is 1.79 bits per heavy atom. The molecule has 0 aliphatic carbocycles. The Hall–Kier alpha value is -4.63. The number of nitrogens with one attached hydrogen (secondary N) is 2. The molecule has 2 N–H and O–H groups in total. The van der Waals surface area contributed by atoms with E-state index in [4.69, 9.17) is 9.72 Å². The molecule has 1 aromatic carbocycles. The molecule has 0 bridgehead atoms. The summed E-state index contributed by atoms with van der Waals surface area (Å²) in [6.45, 7) is 9.74. The number of likely N-dealkylation sites (tertiary alicyclic amines) is 1. The van der Waals surface area contributed by atoms with Crippen molar-refractivity contribution < 1.29 is 14.3 Å². The van der Waals surface area contributed by atoms with Crippen molar-refractivity contribution in [2.45, 2.75) is 58.7 Å². The van der Waals surface area contributed by atoms with Gasteiger partial charge in [-0.15, -0.1) is 0 Å². The number of hydrogen-bond donors (Lipinski definition) is 2. The van der Waals surface area contributed by atoms with Gasteiger partial charge >= 0.3 is 6.09 Å². The minimum absolute atomic E-state index is 0.00616. The number of carbonyl (C=O) groups excluding carboxylic acids is 2. The van der Waals surface area contributed by atoms with E-state index in [1.165, 1.54) is 0 Å². The third-order valence-corrected chi connectivity index (χ3v) is 7.07. The first-order valence-electron chi connectivity index (χ1n) is 14.6. The number of ether oxygens (including phenoxy) is 1. The summed E-state index contributed by atoms with van der Waals surface area (Å²) in [4.78, 5) is 41.5. The fraction of sp³-hybridized carbons (Fsp3) is 0.324. The molecule has 1 aliphatic rings. The number of rotatable bonds is 7. The van der Waals surface area contributed by atoms with Crippen LogP contribution in [0.5, 0.6) is 0 Å². The van der Waals surface area contributed by atoms with E-state index < -0.39 is 11.7 Å². The molecule has 1 fully saturated rings. The van der Waals surface area contributed by atoms with Gasteiger partial charge in [0.15, 0.2) is 0 Å². The van der Waals surface area contributed by atoms with Gasteiger partial charge in [0, 0.05) is 42.8 Å². The number of piperidine rings is 1. The number of nitrogens with zero attached hydrogens (tertiary/aromatic N) is 4. The van der Waals surface area contributed by atoms with Crippen molar-refractivity contribution in [3.05, 3.63) is 96.1 Å². The third-order valence-electron chi connectivity index (χ3n) is 7.07. The first-order chi connectivity index (χ1) is 20.6. The molecule has 0 unspecified atom stereocenters. The average molecular weight is 579 g/mol. The molecular weight excluding hydrogens is 540 g/mol. The molecule has 1 saturated heterocycles. The second kappa shape index (κ2) is 13.1. The lowest BCUT2D eigenvalue weighted by molar-refractivity contribution is 0.0470. The number of carbonyl (C=O) groups is 2. The molecule has 3 aromatic heterocycles. The zero-order chi connectivity index (χ0) is 30.4. The Bertz CT molecular complexity index is 1570. The van der Waals surface area contributed by atoms with Crippen LogP contribution in [0.3, 0.4) is 0 Å². The van der Waals surface area contributed by atoms with E-state index in [-0.39, 0.29) is 11.9 Å². The van der Waals surface area contributed by atoms with Crippen molar-refractivity contribution in [1.29, 1.82) is 0 Å². The second-order valence-electron chi connectivity index (χ2n) is 11.9. The first kappa shape index (κ1) is 29.8. The van der Waals surface area contributed by atoms with Crippen molar-refractivity contribution in [3.63, 3.8) is 0 Å². The lowest BCUT2D eigenvalue weighted by Crippen LogP contribution is -2.48. The van der Waals surface area contributed by atoms with Gasteiger partial charge in [-0.3, -0.25) is 19.7 Å². The van der Waals surface area contributed by atoms with Gasteiger partial charge in [0.05, 0.1) is 5.69 Å². The third kappa shape index (κ3) is 8.45. The molecule has 4 aromatic rings. The van der Waals surface area contributed by atoms with Crippen LogP contribution in [0.25, 0.3) is 22.4 Å². The zero-order valence-corrected chi connectivity index (χ0v) is 25.1. The molecular formula is C34H38N6O3. The molecule has 5 rings (SSSR count). The Morgan fingerprint density at radius 3 is 2.53 bits per heavy atom. The summed E-state index contributed by atoms with van der Waals surface area (Å²) in [6, 6.07) is 21.4. The summed E-state index contributed by atoms with van der Waals surface area (Å²) >= 11 is 0. The predicted molar refractivity (Wildman–Crippen MR) is 167 cm³/mol. The van der Waals surface area contributed by atoms with Gasteiger partial charge in [0.1, 0.15) is 17.1 Å². The minimum Gasteiger partial charge on any atom is -0.444 e. The minimum atomic E-state index is -0.546. The number of aromatic nitrogens is 3. The maximum atomic E-state index is 13.3. The molecule has 2 amide bonds. The van der Waals surface area contributed by atoms with Gasteiger partial charge in [-0.25, -0.2) is 9.78 Å². The van der Waals surface area contributed by atoms with Crippen LogP contribution in [0.1, 0.15) is 55.4 Å². The van der Waals surface area contributed by atoms with Gasteiger partial charge in [0.25, 0.3) is 5.91 Å². The van der Waals surface area contributed by atoms with E-state index in [0.717, 1.165) is 47.3 Å². The summed E-state index contributed by atoms with van der Waals surface area (Å²) in [5.74, 6) is 0.0976. The summed E-state index contributed by atoms with van der Waals surface area (Å²) in [6.07, 6.45) is 4.88. The zero-order valence-electron chi connectivity index (χ0n) is 25.1. The van der Waals surface area contributed by atoms with Crippen LogP contribution in [0.15, 0.2) is 79.1 Å². The van der Waals surface area contributed by atoms with Crippen molar-refractivity contribution in [2.75, 3.05) is 18.4 Å². The average Bonchev–Trinajstić information content (AvgIpc) is 2.97. The smallest absolute Gasteiger partial charge is 0.407 e. The van der Waals surface area contributed by atoms with Gasteiger partial charge in [0.2, 0.25) is 0 Å². The summed E-state index contributed by atoms with van der Waals surface area (Å²) in [5, 5.41) is 5.99. The molecule has 9 heteroatoms. The Morgan fingerprint density at radius 1 is 0.977 bits per heavy atom. The number of aryl methyl sites for hydroxylation is 1. The largest absolute Gasteiger partial charge is 0.444 e. The van der Waals surface area contributed by atoms with E-state index >= 15 is 0 Å². The van der Waals surface area contributed by atoms with Crippen molar-refractivity contribution >= 4 is 17.8 Å². The fourth-order valence-electron chi connectivity index (χ4n) is 5.10. The summed E-state index contributed by atoms with van der Waals surface area (Å²) in [5.41, 5.74) is 5.15. The maximum Gasteiger partial charge on any atom is 0.407 e. The van der Waals surface area contributed by atoms with E-state index in [2.05, 4.69) is 25.5 Å². The summed E-state index contributed by atoms with van der Waals surface area (Å²) < 4.78 is 5.46. The van der Waals surface area contributed by atoms with Crippen LogP contribution in [-0.4, -0.2) is 56.6 Å². The summed E-state index contributed by atoms with van der Waals surface area (Å²) in [7, 11) is 0. The number of pyridine rings is 3. The molecule has 9 nitrogen and oxygen atoms in total. The van der Waals surface area contributed by atoms with E-state index in [0.29, 0.717) is 30.3 Å². The van der Waals surface area contributed by atoms with Gasteiger partial charge in [-0.2, -0.15) is 0 Å². The molecule has 1 aliphatic heterocycles. The van der Waals surface area contributed by atoms with Crippen LogP contribution >= 0.6 is 0 Å². The van der Waals surface area contributed by atoms with Crippen LogP contribution < -0.4 is 10.6 Å². The van der Waals surface area contributed by atoms with E-state index in [9.17, 15) is 9.59 Å². The highest BCUT2D eigenvalue weighted by Gasteiger charge is 2.24. The fourth-order valence-corrected chi connectivity index (χ4v) is 5.10. The molecule has 1 atom stereocenters. The van der Waals surface area contributed by atoms with Gasteiger partial charge in [-0.05, 0) is 100 Å². The monoisotopic (exact) mass is 578 g/mol. The lowest BCUT2D eigenvalue weighted by atomic mass is 10.0. The molecule has 43 heavy (non-hydrogen) atoms. The lowest BCUT2D eigenvalue weighted by Gasteiger charge is -2.33. The molecule has 0 saturated carbocycles. The maximum absolute atomic E-state index is 13.3. The molecule has 0 radical (unpaired) electrons. The van der Waals surface area contributed by atoms with Crippen LogP contribution in [0.4, 0.5) is 10.6 Å². The quantitative estimate of drug-likeness (QED) is 0.267. The highest BCUT2D eigenvalue weighted by atomic mass is 16.6.